The third-order valence-electron chi connectivity index (χ3n) is 28.1. The second kappa shape index (κ2) is 36.8. The van der Waals surface area contributed by atoms with Crippen LogP contribution in [0.15, 0.2) is 540 Å². The summed E-state index contributed by atoms with van der Waals surface area (Å²) in [6.45, 7) is 0. The molecule has 0 unspecified atom stereocenters. The van der Waals surface area contributed by atoms with E-state index in [1.54, 1.807) is 14.4 Å². The van der Waals surface area contributed by atoms with Gasteiger partial charge in [0.1, 0.15) is 33.1 Å². The topological polar surface area (TPSA) is 118 Å². The fraction of sp³-hybridized carbons (Fsp3) is 0. The highest BCUT2D eigenvalue weighted by Crippen LogP contribution is 2.44. The first-order chi connectivity index (χ1) is 72.9. The average Bonchev–Trinajstić information content (AvgIpc) is 1.62. The standard InChI is InChI=1S/C48H31N5.C48H35N5.C36H23N5/c1-3-11-36(12-4-1)51-45-17-9-7-15-39(45)41-29-33(22-27-47(41)51)32-19-24-38(25-20-32)53-49-43-26-21-35(31-44(43)50-53)34-23-28-48-42(30-34)40-16-8-10-18-46(40)52(48)37-13-5-2-6-14-37;1-5-13-36(14-6-1)38-21-25-42(26-22-38)51(40-17-9-3-10-18-40)44-29-31-45(32-30-44)53-49-47-34-33-46(35-48(47)50-53)52(41-19-11-4-12-20-41)43-27-23-39(24-28-43)37-15-7-2-8-16-37;1-5-13-33-27(9-1)28-10-2-6-14-34(28)39(33)24-17-19-25(20-18-24)41-37-31-22-21-26(23-32(31)38-41)40-35-15-7-3-11-29(35)30-12-4-8-16-36(30)40/h1-31H;1-35H;1-23H. The minimum absolute atomic E-state index is 0.817. The molecule has 0 saturated heterocycles. The van der Waals surface area contributed by atoms with Crippen molar-refractivity contribution in [1.29, 1.82) is 0 Å². The number of rotatable bonds is 17. The van der Waals surface area contributed by atoms with Crippen molar-refractivity contribution in [2.24, 2.45) is 0 Å². The lowest BCUT2D eigenvalue weighted by Gasteiger charge is -2.25. The van der Waals surface area contributed by atoms with Gasteiger partial charge in [0.15, 0.2) is 0 Å². The van der Waals surface area contributed by atoms with Gasteiger partial charge in [0.05, 0.1) is 61.2 Å². The summed E-state index contributed by atoms with van der Waals surface area (Å²) in [5.41, 5.74) is 37.6. The number of benzene rings is 22. The molecule has 0 radical (unpaired) electrons. The molecule has 0 aliphatic rings. The Balaban J connectivity index is 0.000000110. The summed E-state index contributed by atoms with van der Waals surface area (Å²) in [5.74, 6) is 0. The van der Waals surface area contributed by atoms with Crippen molar-refractivity contribution in [3.8, 4) is 84.3 Å². The van der Waals surface area contributed by atoms with Crippen molar-refractivity contribution in [1.82, 2.24) is 63.3 Å². The number of fused-ring (bicyclic) bond motifs is 15. The summed E-state index contributed by atoms with van der Waals surface area (Å²) in [7, 11) is 0. The fourth-order valence-electron chi connectivity index (χ4n) is 21.1. The van der Waals surface area contributed by atoms with E-state index in [2.05, 4.69) is 538 Å². The highest BCUT2D eigenvalue weighted by molar-refractivity contribution is 6.14. The van der Waals surface area contributed by atoms with Gasteiger partial charge >= 0.3 is 0 Å². The molecular weight excluding hydrogens is 1800 g/mol. The molecule has 0 atom stereocenters. The highest BCUT2D eigenvalue weighted by Gasteiger charge is 2.24. The molecule has 692 valence electrons. The van der Waals surface area contributed by atoms with E-state index in [0.717, 1.165) is 124 Å². The first kappa shape index (κ1) is 86.0. The average molecular weight is 1890 g/mol. The number of hydrogen-bond donors (Lipinski definition) is 0. The molecule has 0 spiro atoms. The highest BCUT2D eigenvalue weighted by atomic mass is 15.5. The molecule has 29 aromatic rings. The van der Waals surface area contributed by atoms with Crippen molar-refractivity contribution in [2.75, 3.05) is 9.80 Å². The second-order valence-corrected chi connectivity index (χ2v) is 36.8. The molecule has 0 fully saturated rings. The van der Waals surface area contributed by atoms with E-state index in [1.165, 1.54) is 115 Å². The van der Waals surface area contributed by atoms with Gasteiger partial charge in [-0.3, -0.25) is 0 Å². The van der Waals surface area contributed by atoms with E-state index < -0.39 is 0 Å². The Morgan fingerprint density at radius 1 is 0.122 bits per heavy atom. The lowest BCUT2D eigenvalue weighted by Crippen LogP contribution is -2.10. The molecule has 15 heteroatoms. The maximum Gasteiger partial charge on any atom is 0.115 e. The molecular formula is C132H89N15. The van der Waals surface area contributed by atoms with Gasteiger partial charge in [-0.2, -0.15) is 14.4 Å². The summed E-state index contributed by atoms with van der Waals surface area (Å²) in [6.07, 6.45) is 0. The molecule has 22 aromatic carbocycles. The molecule has 0 amide bonds. The first-order valence-electron chi connectivity index (χ1n) is 49.5. The first-order valence-corrected chi connectivity index (χ1v) is 49.5. The van der Waals surface area contributed by atoms with Crippen LogP contribution in [0.1, 0.15) is 0 Å². The number of aromatic nitrogens is 13. The number of hydrogen-bond acceptors (Lipinski definition) is 8. The maximum absolute atomic E-state index is 4.96. The quantitative estimate of drug-likeness (QED) is 0.0884. The van der Waals surface area contributed by atoms with E-state index in [4.69, 9.17) is 30.6 Å². The second-order valence-electron chi connectivity index (χ2n) is 36.8. The van der Waals surface area contributed by atoms with Crippen LogP contribution >= 0.6 is 0 Å². The van der Waals surface area contributed by atoms with Crippen LogP contribution in [0.4, 0.5) is 34.1 Å². The predicted molar refractivity (Wildman–Crippen MR) is 605 cm³/mol. The Morgan fingerprint density at radius 3 is 0.748 bits per heavy atom. The molecule has 0 N–H and O–H groups in total. The zero-order valence-corrected chi connectivity index (χ0v) is 79.6. The lowest BCUT2D eigenvalue weighted by molar-refractivity contribution is 0.765. The van der Waals surface area contributed by atoms with Crippen LogP contribution in [0, 0.1) is 0 Å². The Morgan fingerprint density at radius 2 is 0.340 bits per heavy atom. The van der Waals surface area contributed by atoms with Crippen molar-refractivity contribution >= 4 is 154 Å². The van der Waals surface area contributed by atoms with Gasteiger partial charge < -0.3 is 28.1 Å². The van der Waals surface area contributed by atoms with Crippen molar-refractivity contribution in [3.05, 3.63) is 540 Å². The normalized spacial score (nSPS) is 11.5. The van der Waals surface area contributed by atoms with E-state index in [9.17, 15) is 0 Å². The van der Waals surface area contributed by atoms with Gasteiger partial charge in [0, 0.05) is 100.0 Å². The Kier molecular flexibility index (Phi) is 21.5. The minimum atomic E-state index is 0.817. The third-order valence-corrected chi connectivity index (χ3v) is 28.1. The summed E-state index contributed by atoms with van der Waals surface area (Å²) >= 11 is 0. The van der Waals surface area contributed by atoms with Crippen LogP contribution < -0.4 is 9.80 Å². The summed E-state index contributed by atoms with van der Waals surface area (Å²) in [5, 5.41) is 39.3. The van der Waals surface area contributed by atoms with Crippen LogP contribution in [-0.4, -0.2) is 63.3 Å². The number of para-hydroxylation sites is 10. The van der Waals surface area contributed by atoms with Crippen molar-refractivity contribution in [2.45, 2.75) is 0 Å². The van der Waals surface area contributed by atoms with Crippen molar-refractivity contribution in [3.63, 3.8) is 0 Å². The molecule has 15 nitrogen and oxygen atoms in total. The van der Waals surface area contributed by atoms with E-state index in [1.807, 2.05) is 30.3 Å². The lowest BCUT2D eigenvalue weighted by atomic mass is 10.0. The van der Waals surface area contributed by atoms with Crippen LogP contribution in [0.25, 0.3) is 205 Å². The van der Waals surface area contributed by atoms with Crippen LogP contribution in [0.3, 0.4) is 0 Å². The largest absolute Gasteiger partial charge is 0.311 e. The molecule has 0 aliphatic carbocycles. The molecule has 0 saturated carbocycles. The zero-order chi connectivity index (χ0) is 97.2. The zero-order valence-electron chi connectivity index (χ0n) is 79.6. The maximum atomic E-state index is 4.96. The summed E-state index contributed by atoms with van der Waals surface area (Å²) in [6, 6.07) is 190. The Bertz CT molecular complexity index is 9840. The van der Waals surface area contributed by atoms with Gasteiger partial charge in [0.2, 0.25) is 0 Å². The third kappa shape index (κ3) is 15.9. The van der Waals surface area contributed by atoms with E-state index in [-0.39, 0.29) is 0 Å². The van der Waals surface area contributed by atoms with Crippen LogP contribution in [0.5, 0.6) is 0 Å². The Hall–Kier alpha value is -20.2. The van der Waals surface area contributed by atoms with Crippen LogP contribution in [0.2, 0.25) is 0 Å². The predicted octanol–water partition coefficient (Wildman–Crippen LogP) is 33.3. The van der Waals surface area contributed by atoms with E-state index >= 15 is 0 Å². The smallest absolute Gasteiger partial charge is 0.115 e. The Labute approximate surface area is 845 Å². The van der Waals surface area contributed by atoms with Gasteiger partial charge in [-0.1, -0.05) is 297 Å². The SMILES string of the molecule is c1ccc(-c2ccc(N(c3ccccc3)c3ccc(-n4nc5ccc(N(c6ccccc6)c6ccc(-c7ccccc7)cc6)cc5n4)cc3)cc2)cc1.c1ccc(-n2c3ccccc3c3cc(-c4ccc(-n5nc6ccc(-c7ccc8c(c7)c7ccccc7n8-c7ccccc7)cc6n5)cc4)ccc32)cc1.c1ccc2c(c1)c1ccccc1n2-c1ccc(-n2nc3ccc(-n4c5ccccc5c5ccccc54)cc3n2)cc1. The number of nitrogens with zero attached hydrogens (tertiary/aromatic N) is 15. The van der Waals surface area contributed by atoms with Crippen molar-refractivity contribution < 1.29 is 0 Å². The van der Waals surface area contributed by atoms with Crippen LogP contribution in [-0.2, 0) is 0 Å². The minimum Gasteiger partial charge on any atom is -0.311 e. The molecule has 7 heterocycles. The molecule has 7 aromatic heterocycles. The van der Waals surface area contributed by atoms with Gasteiger partial charge in [-0.25, -0.2) is 0 Å². The molecule has 0 bridgehead atoms. The molecule has 0 aliphatic heterocycles. The number of anilines is 6. The summed E-state index contributed by atoms with van der Waals surface area (Å²) in [4.78, 5) is 9.72. The van der Waals surface area contributed by atoms with Gasteiger partial charge in [0.25, 0.3) is 0 Å². The molecule has 29 rings (SSSR count). The van der Waals surface area contributed by atoms with Gasteiger partial charge in [-0.05, 0) is 287 Å². The fourth-order valence-corrected chi connectivity index (χ4v) is 21.1. The van der Waals surface area contributed by atoms with E-state index in [0.29, 0.717) is 0 Å². The monoisotopic (exact) mass is 1880 g/mol. The van der Waals surface area contributed by atoms with Gasteiger partial charge in [-0.15, -0.1) is 30.6 Å². The summed E-state index contributed by atoms with van der Waals surface area (Å²) < 4.78 is 9.32. The molecule has 147 heavy (non-hydrogen) atoms.